The van der Waals surface area contributed by atoms with Gasteiger partial charge < -0.3 is 14.2 Å². The molecule has 3 aromatic rings. The van der Waals surface area contributed by atoms with E-state index in [0.29, 0.717) is 18.0 Å². The Morgan fingerprint density at radius 1 is 1.11 bits per heavy atom. The smallest absolute Gasteiger partial charge is 0.339 e. The molecule has 178 valence electrons. The summed E-state index contributed by atoms with van der Waals surface area (Å²) in [4.78, 5) is 22.5. The van der Waals surface area contributed by atoms with Crippen LogP contribution in [0, 0.1) is 21.4 Å². The number of carbonyl (C=O) groups is 1. The SMILES string of the molecule is CCOc1cccc(NC(=O)/C(C#N)=C/c2ccccc2OS(=O)(=O)c2ccc([N+](=O)[O-])cc2)c1. The second-order valence-corrected chi connectivity index (χ2v) is 8.46. The maximum atomic E-state index is 12.7. The molecule has 35 heavy (non-hydrogen) atoms. The Labute approximate surface area is 201 Å². The third kappa shape index (κ3) is 6.43. The highest BCUT2D eigenvalue weighted by molar-refractivity contribution is 7.87. The number of carbonyl (C=O) groups excluding carboxylic acids is 1. The molecule has 0 radical (unpaired) electrons. The van der Waals surface area contributed by atoms with E-state index < -0.39 is 20.9 Å². The second-order valence-electron chi connectivity index (χ2n) is 6.91. The zero-order valence-corrected chi connectivity index (χ0v) is 19.2. The normalized spacial score (nSPS) is 11.3. The minimum absolute atomic E-state index is 0.134. The predicted molar refractivity (Wildman–Crippen MR) is 127 cm³/mol. The topological polar surface area (TPSA) is 149 Å². The molecule has 1 N–H and O–H groups in total. The van der Waals surface area contributed by atoms with Crippen LogP contribution in [0.2, 0.25) is 0 Å². The van der Waals surface area contributed by atoms with Crippen molar-refractivity contribution in [2.24, 2.45) is 0 Å². The molecule has 0 aliphatic rings. The van der Waals surface area contributed by atoms with E-state index in [4.69, 9.17) is 8.92 Å². The number of anilines is 1. The molecule has 0 aromatic heterocycles. The Morgan fingerprint density at radius 2 is 1.83 bits per heavy atom. The molecule has 0 spiro atoms. The fourth-order valence-corrected chi connectivity index (χ4v) is 3.86. The number of para-hydroxylation sites is 1. The van der Waals surface area contributed by atoms with Gasteiger partial charge in [-0.15, -0.1) is 0 Å². The fraction of sp³-hybridized carbons (Fsp3) is 0.0833. The fourth-order valence-electron chi connectivity index (χ4n) is 2.91. The minimum atomic E-state index is -4.35. The summed E-state index contributed by atoms with van der Waals surface area (Å²) in [6, 6.07) is 18.5. The van der Waals surface area contributed by atoms with Crippen molar-refractivity contribution in [3.63, 3.8) is 0 Å². The number of rotatable bonds is 9. The van der Waals surface area contributed by atoms with Crippen molar-refractivity contribution in [3.05, 3.63) is 94.0 Å². The molecular weight excluding hydrogens is 474 g/mol. The molecule has 3 rings (SSSR count). The van der Waals surface area contributed by atoms with Crippen molar-refractivity contribution in [2.45, 2.75) is 11.8 Å². The molecule has 1 amide bonds. The minimum Gasteiger partial charge on any atom is -0.494 e. The number of hydrogen-bond acceptors (Lipinski definition) is 8. The lowest BCUT2D eigenvalue weighted by Crippen LogP contribution is -2.14. The van der Waals surface area contributed by atoms with Gasteiger partial charge in [-0.1, -0.05) is 24.3 Å². The van der Waals surface area contributed by atoms with Gasteiger partial charge in [0.05, 0.1) is 11.5 Å². The lowest BCUT2D eigenvalue weighted by atomic mass is 10.1. The molecule has 0 unspecified atom stereocenters. The van der Waals surface area contributed by atoms with Gasteiger partial charge in [0, 0.05) is 29.4 Å². The van der Waals surface area contributed by atoms with Gasteiger partial charge in [-0.2, -0.15) is 13.7 Å². The van der Waals surface area contributed by atoms with Crippen LogP contribution < -0.4 is 14.2 Å². The lowest BCUT2D eigenvalue weighted by molar-refractivity contribution is -0.384. The zero-order valence-electron chi connectivity index (χ0n) is 18.4. The van der Waals surface area contributed by atoms with Gasteiger partial charge in [0.25, 0.3) is 11.6 Å². The summed E-state index contributed by atoms with van der Waals surface area (Å²) in [5.74, 6) is -0.304. The highest BCUT2D eigenvalue weighted by Crippen LogP contribution is 2.26. The van der Waals surface area contributed by atoms with Gasteiger partial charge >= 0.3 is 10.1 Å². The van der Waals surface area contributed by atoms with Crippen molar-refractivity contribution in [1.29, 1.82) is 5.26 Å². The number of benzene rings is 3. The van der Waals surface area contributed by atoms with Gasteiger partial charge in [-0.05, 0) is 43.3 Å². The lowest BCUT2D eigenvalue weighted by Gasteiger charge is -2.10. The largest absolute Gasteiger partial charge is 0.494 e. The highest BCUT2D eigenvalue weighted by Gasteiger charge is 2.20. The Kier molecular flexibility index (Phi) is 7.81. The molecule has 3 aromatic carbocycles. The standard InChI is InChI=1S/C24H19N3O7S/c1-2-33-21-8-5-7-19(15-21)26-24(28)18(16-25)14-17-6-3-4-9-23(17)34-35(31,32)22-12-10-20(11-13-22)27(29)30/h3-15H,2H2,1H3,(H,26,28)/b18-14+. The Balaban J connectivity index is 1.85. The van der Waals surface area contributed by atoms with E-state index in [1.807, 2.05) is 6.92 Å². The molecule has 0 atom stereocenters. The molecule has 0 bridgehead atoms. The van der Waals surface area contributed by atoms with Crippen LogP contribution in [0.25, 0.3) is 6.08 Å². The summed E-state index contributed by atoms with van der Waals surface area (Å²) in [6.07, 6.45) is 1.20. The molecule has 0 saturated heterocycles. The molecule has 0 saturated carbocycles. The number of non-ortho nitro benzene ring substituents is 1. The summed E-state index contributed by atoms with van der Waals surface area (Å²) in [5, 5.41) is 22.9. The summed E-state index contributed by atoms with van der Waals surface area (Å²) < 4.78 is 36.0. The number of nitriles is 1. The first kappa shape index (κ1) is 24.9. The average molecular weight is 493 g/mol. The number of nitro groups is 1. The van der Waals surface area contributed by atoms with Gasteiger partial charge in [-0.25, -0.2) is 0 Å². The monoisotopic (exact) mass is 493 g/mol. The summed E-state index contributed by atoms with van der Waals surface area (Å²) in [6.45, 7) is 2.27. The second kappa shape index (κ2) is 11.0. The molecule has 10 nitrogen and oxygen atoms in total. The number of nitro benzene ring substituents is 1. The van der Waals surface area contributed by atoms with Crippen molar-refractivity contribution in [2.75, 3.05) is 11.9 Å². The Hall–Kier alpha value is -4.69. The summed E-state index contributed by atoms with van der Waals surface area (Å²) >= 11 is 0. The van der Waals surface area contributed by atoms with Crippen molar-refractivity contribution < 1.29 is 27.1 Å². The van der Waals surface area contributed by atoms with E-state index in [-0.39, 0.29) is 27.5 Å². The predicted octanol–water partition coefficient (Wildman–Crippen LogP) is 4.31. The van der Waals surface area contributed by atoms with Crippen LogP contribution in [0.4, 0.5) is 11.4 Å². The van der Waals surface area contributed by atoms with E-state index in [1.165, 1.54) is 24.3 Å². The number of hydrogen-bond donors (Lipinski definition) is 1. The van der Waals surface area contributed by atoms with E-state index in [0.717, 1.165) is 24.3 Å². The van der Waals surface area contributed by atoms with Gasteiger partial charge in [0.15, 0.2) is 0 Å². The van der Waals surface area contributed by atoms with Crippen LogP contribution in [0.1, 0.15) is 12.5 Å². The number of amides is 1. The van der Waals surface area contributed by atoms with Gasteiger partial charge in [0.2, 0.25) is 0 Å². The molecule has 0 fully saturated rings. The summed E-state index contributed by atoms with van der Waals surface area (Å²) in [7, 11) is -4.35. The van der Waals surface area contributed by atoms with E-state index in [9.17, 15) is 28.6 Å². The Morgan fingerprint density at radius 3 is 2.49 bits per heavy atom. The van der Waals surface area contributed by atoms with Crippen LogP contribution in [0.5, 0.6) is 11.5 Å². The van der Waals surface area contributed by atoms with Crippen LogP contribution in [-0.2, 0) is 14.9 Å². The van der Waals surface area contributed by atoms with Crippen LogP contribution >= 0.6 is 0 Å². The number of nitrogens with zero attached hydrogens (tertiary/aromatic N) is 2. The molecule has 11 heteroatoms. The van der Waals surface area contributed by atoms with Crippen molar-refractivity contribution in [1.82, 2.24) is 0 Å². The maximum absolute atomic E-state index is 12.7. The maximum Gasteiger partial charge on any atom is 0.339 e. The van der Waals surface area contributed by atoms with Crippen LogP contribution in [0.15, 0.2) is 83.3 Å². The third-order valence-corrected chi connectivity index (χ3v) is 5.77. The van der Waals surface area contributed by atoms with E-state index >= 15 is 0 Å². The van der Waals surface area contributed by atoms with Crippen molar-refractivity contribution >= 4 is 33.5 Å². The van der Waals surface area contributed by atoms with Crippen LogP contribution in [-0.4, -0.2) is 25.9 Å². The quantitative estimate of drug-likeness (QED) is 0.152. The third-order valence-electron chi connectivity index (χ3n) is 4.52. The van der Waals surface area contributed by atoms with E-state index in [1.54, 1.807) is 36.4 Å². The first-order chi connectivity index (χ1) is 16.7. The number of ether oxygens (including phenoxy) is 1. The van der Waals surface area contributed by atoms with Gasteiger partial charge in [0.1, 0.15) is 28.0 Å². The van der Waals surface area contributed by atoms with Crippen molar-refractivity contribution in [3.8, 4) is 17.6 Å². The highest BCUT2D eigenvalue weighted by atomic mass is 32.2. The first-order valence-corrected chi connectivity index (χ1v) is 11.6. The molecular formula is C24H19N3O7S. The van der Waals surface area contributed by atoms with Gasteiger partial charge in [-0.3, -0.25) is 14.9 Å². The molecule has 0 aliphatic heterocycles. The molecule has 0 heterocycles. The first-order valence-electron chi connectivity index (χ1n) is 10.2. The number of nitrogens with one attached hydrogen (secondary N) is 1. The molecule has 0 aliphatic carbocycles. The average Bonchev–Trinajstić information content (AvgIpc) is 2.83. The zero-order chi connectivity index (χ0) is 25.4. The summed E-state index contributed by atoms with van der Waals surface area (Å²) in [5.41, 5.74) is -0.000476. The Bertz CT molecular complexity index is 1430. The van der Waals surface area contributed by atoms with E-state index in [2.05, 4.69) is 5.32 Å². The van der Waals surface area contributed by atoms with Crippen LogP contribution in [0.3, 0.4) is 0 Å².